The molecule has 4 rings (SSSR count). The summed E-state index contributed by atoms with van der Waals surface area (Å²) in [7, 11) is 1.79. The van der Waals surface area contributed by atoms with Gasteiger partial charge in [-0.25, -0.2) is 9.36 Å². The maximum Gasteiger partial charge on any atom is 0.472 e. The summed E-state index contributed by atoms with van der Waals surface area (Å²) < 4.78 is 28.6. The molecule has 0 spiro atoms. The fraction of sp³-hybridized carbons (Fsp3) is 0.973. The number of rotatable bonds is 15. The molecule has 0 bridgehead atoms. The molecule has 9 nitrogen and oxygen atoms in total. The van der Waals surface area contributed by atoms with Gasteiger partial charge >= 0.3 is 13.9 Å². The number of ether oxygens (including phenoxy) is 1. The van der Waals surface area contributed by atoms with E-state index in [9.17, 15) is 14.3 Å². The molecule has 11 atom stereocenters. The summed E-state index contributed by atoms with van der Waals surface area (Å²) in [5.41, 5.74) is 0.852. The second-order valence-electron chi connectivity index (χ2n) is 17.7. The lowest BCUT2D eigenvalue weighted by molar-refractivity contribution is -0.870. The van der Waals surface area contributed by atoms with Crippen LogP contribution >= 0.6 is 7.82 Å². The molecule has 4 aliphatic rings. The number of phosphoric ester groups is 1. The highest BCUT2D eigenvalue weighted by atomic mass is 31.2. The fourth-order valence-electron chi connectivity index (χ4n) is 11.0. The van der Waals surface area contributed by atoms with Gasteiger partial charge in [-0.15, -0.1) is 0 Å². The van der Waals surface area contributed by atoms with E-state index in [0.29, 0.717) is 27.8 Å². The van der Waals surface area contributed by atoms with Crippen molar-refractivity contribution < 1.29 is 38.0 Å². The molecule has 0 aromatic rings. The van der Waals surface area contributed by atoms with E-state index >= 15 is 0 Å². The average Bonchev–Trinajstić information content (AvgIpc) is 3.32. The number of nitrogens with zero attached hydrogens (tertiary/aromatic N) is 1. The first kappa shape index (κ1) is 40.7. The van der Waals surface area contributed by atoms with Crippen molar-refractivity contribution in [1.29, 1.82) is 0 Å². The first-order chi connectivity index (χ1) is 21.5. The first-order valence-corrected chi connectivity index (χ1v) is 20.4. The number of nitrogens with one attached hydrogen (secondary N) is 1. The highest BCUT2D eigenvalue weighted by Gasteiger charge is 2.60. The van der Waals surface area contributed by atoms with Crippen molar-refractivity contribution in [2.45, 2.75) is 125 Å². The highest BCUT2D eigenvalue weighted by Crippen LogP contribution is 2.68. The smallest absolute Gasteiger partial charge is 0.472 e. The van der Waals surface area contributed by atoms with E-state index in [1.807, 2.05) is 21.1 Å². The molecule has 0 radical (unpaired) electrons. The molecule has 4 unspecified atom stereocenters. The Bertz CT molecular complexity index is 1050. The van der Waals surface area contributed by atoms with Crippen molar-refractivity contribution in [1.82, 2.24) is 5.32 Å². The third kappa shape index (κ3) is 9.97. The summed E-state index contributed by atoms with van der Waals surface area (Å²) in [6.45, 7) is 15.7. The second kappa shape index (κ2) is 16.5. The number of alkyl carbamates (subject to hydrolysis) is 1. The van der Waals surface area contributed by atoms with Gasteiger partial charge < -0.3 is 24.9 Å². The van der Waals surface area contributed by atoms with Crippen LogP contribution in [0.3, 0.4) is 0 Å². The van der Waals surface area contributed by atoms with Crippen molar-refractivity contribution in [2.75, 3.05) is 47.4 Å². The van der Waals surface area contributed by atoms with Crippen LogP contribution in [0.4, 0.5) is 4.79 Å². The molecule has 276 valence electrons. The molecule has 47 heavy (non-hydrogen) atoms. The molecule has 0 saturated heterocycles. The van der Waals surface area contributed by atoms with E-state index in [0.717, 1.165) is 60.7 Å². The molecule has 4 saturated carbocycles. The molecule has 0 aliphatic heterocycles. The molecule has 4 fully saturated rings. The van der Waals surface area contributed by atoms with E-state index in [1.54, 1.807) is 0 Å². The molecule has 1 amide bonds. The third-order valence-corrected chi connectivity index (χ3v) is 14.8. The van der Waals surface area contributed by atoms with E-state index in [-0.39, 0.29) is 31.3 Å². The van der Waals surface area contributed by atoms with Crippen molar-refractivity contribution >= 4 is 13.9 Å². The van der Waals surface area contributed by atoms with Gasteiger partial charge in [-0.3, -0.25) is 9.05 Å². The normalized spacial score (nSPS) is 36.2. The number of likely N-dealkylation sites (N-methyl/N-ethyl adjacent to an activating group) is 1. The summed E-state index contributed by atoms with van der Waals surface area (Å²) in [6.07, 6.45) is 14.8. The van der Waals surface area contributed by atoms with Crippen molar-refractivity contribution in [3.8, 4) is 0 Å². The molecule has 4 aliphatic carbocycles. The van der Waals surface area contributed by atoms with Crippen LogP contribution in [0, 0.1) is 58.2 Å². The van der Waals surface area contributed by atoms with Gasteiger partial charge in [-0.2, -0.15) is 0 Å². The fourth-order valence-corrected chi connectivity index (χ4v) is 11.7. The molecular formula is C37H71N2O7P. The summed E-state index contributed by atoms with van der Waals surface area (Å²) in [4.78, 5) is 22.5. The highest BCUT2D eigenvalue weighted by molar-refractivity contribution is 7.47. The zero-order chi connectivity index (χ0) is 33.9. The number of phosphoric acid groups is 1. The Balaban J connectivity index is 0.00000600. The first-order valence-electron chi connectivity index (χ1n) is 18.9. The Morgan fingerprint density at radius 1 is 0.936 bits per heavy atom. The van der Waals surface area contributed by atoms with Gasteiger partial charge in [0.15, 0.2) is 0 Å². The summed E-state index contributed by atoms with van der Waals surface area (Å²) >= 11 is 0. The van der Waals surface area contributed by atoms with Gasteiger partial charge in [0.2, 0.25) is 0 Å². The maximum absolute atomic E-state index is 12.6. The summed E-state index contributed by atoms with van der Waals surface area (Å²) in [5.74, 6) is 6.51. The number of fused-ring (bicyclic) bond motifs is 5. The lowest BCUT2D eigenvalue weighted by Crippen LogP contribution is -2.54. The standard InChI is InChI=1S/C37H69N2O6P.H2O/c1-10-28(26(2)3)12-11-27(4)32-15-16-33-31-14-13-29-25-30(17-19-36(29,5)34(31)18-20-37(32,33)6)45-35(40)38-21-23-43-46(41,42)44-24-22-39(7,8)9;/h26-34H,10-25H2,1-9H3,(H-,38,40,41,42);1H2/t27-,28-,29+,30+,31?,32-,33?,34?,36+,37-;/m1./s1. The lowest BCUT2D eigenvalue weighted by atomic mass is 9.44. The predicted octanol–water partition coefficient (Wildman–Crippen LogP) is 8.50. The Labute approximate surface area is 287 Å². The largest absolute Gasteiger partial charge is 0.870 e. The molecule has 0 heterocycles. The topological polar surface area (TPSA) is 124 Å². The number of amides is 1. The minimum absolute atomic E-state index is 0. The van der Waals surface area contributed by atoms with Crippen LogP contribution in [0.1, 0.15) is 119 Å². The number of hydrogen-bond acceptors (Lipinski definition) is 6. The van der Waals surface area contributed by atoms with Crippen LogP contribution in [0.5, 0.6) is 0 Å². The van der Waals surface area contributed by atoms with Gasteiger partial charge in [-0.05, 0) is 122 Å². The molecule has 10 heteroatoms. The Hall–Kier alpha value is -0.700. The molecule has 0 aromatic heterocycles. The van der Waals surface area contributed by atoms with Crippen LogP contribution in [0.2, 0.25) is 0 Å². The number of hydrogen-bond donors (Lipinski definition) is 2. The monoisotopic (exact) mass is 686 g/mol. The maximum atomic E-state index is 12.6. The minimum atomic E-state index is -4.14. The van der Waals surface area contributed by atoms with Crippen molar-refractivity contribution in [3.05, 3.63) is 0 Å². The molecule has 3 N–H and O–H groups in total. The van der Waals surface area contributed by atoms with Crippen LogP contribution in [-0.2, 0) is 18.3 Å². The van der Waals surface area contributed by atoms with Gasteiger partial charge in [0.25, 0.3) is 0 Å². The van der Waals surface area contributed by atoms with Gasteiger partial charge in [0.1, 0.15) is 19.3 Å². The lowest BCUT2D eigenvalue weighted by Gasteiger charge is -2.61. The van der Waals surface area contributed by atoms with Crippen LogP contribution in [0.25, 0.3) is 0 Å². The zero-order valence-electron chi connectivity index (χ0n) is 31.3. The van der Waals surface area contributed by atoms with E-state index in [4.69, 9.17) is 13.8 Å². The summed E-state index contributed by atoms with van der Waals surface area (Å²) in [6, 6.07) is 0. The van der Waals surface area contributed by atoms with Gasteiger partial charge in [0.05, 0.1) is 27.7 Å². The second-order valence-corrected chi connectivity index (χ2v) is 19.2. The number of quaternary nitrogens is 1. The number of carbonyl (C=O) groups is 1. The van der Waals surface area contributed by atoms with Crippen LogP contribution < -0.4 is 5.32 Å². The minimum Gasteiger partial charge on any atom is -0.870 e. The third-order valence-electron chi connectivity index (χ3n) is 13.8. The predicted molar refractivity (Wildman–Crippen MR) is 187 cm³/mol. The SMILES string of the molecule is CC[C@H](CC[C@@H](C)[C@H]1CCC2C3CC[C@H]4C[C@@H](OC(=O)NCCOP(=O)(O)OCC[N+](C)(C)C)CC[C@]4(C)C3CC[C@@]21C)C(C)C.[OH-]. The number of carbonyl (C=O) groups excluding carboxylic acids is 1. The van der Waals surface area contributed by atoms with Crippen LogP contribution in [-0.4, -0.2) is 74.5 Å². The zero-order valence-corrected chi connectivity index (χ0v) is 32.2. The van der Waals surface area contributed by atoms with E-state index in [1.165, 1.54) is 57.8 Å². The average molecular weight is 687 g/mol. The van der Waals surface area contributed by atoms with Gasteiger partial charge in [-0.1, -0.05) is 54.4 Å². The molecule has 0 aromatic carbocycles. The van der Waals surface area contributed by atoms with Crippen molar-refractivity contribution in [2.24, 2.45) is 58.2 Å². The van der Waals surface area contributed by atoms with Crippen molar-refractivity contribution in [3.63, 3.8) is 0 Å². The Morgan fingerprint density at radius 2 is 1.60 bits per heavy atom. The van der Waals surface area contributed by atoms with Crippen LogP contribution in [0.15, 0.2) is 0 Å². The van der Waals surface area contributed by atoms with Gasteiger partial charge in [0, 0.05) is 6.54 Å². The van der Waals surface area contributed by atoms with E-state index < -0.39 is 13.9 Å². The Kier molecular flexibility index (Phi) is 14.3. The summed E-state index contributed by atoms with van der Waals surface area (Å²) in [5, 5.41) is 2.70. The molecular weight excluding hydrogens is 615 g/mol. The van der Waals surface area contributed by atoms with E-state index in [2.05, 4.69) is 46.9 Å². The Morgan fingerprint density at radius 3 is 2.26 bits per heavy atom. The quantitative estimate of drug-likeness (QED) is 0.101.